The molecule has 0 bridgehead atoms. The van der Waals surface area contributed by atoms with E-state index >= 15 is 0 Å². The molecular formula is C19H15ClF2N2O2S. The Morgan fingerprint density at radius 3 is 2.70 bits per heavy atom. The number of hydrogen-bond acceptors (Lipinski definition) is 4. The zero-order valence-electron chi connectivity index (χ0n) is 14.2. The van der Waals surface area contributed by atoms with Crippen molar-refractivity contribution < 1.29 is 18.0 Å². The van der Waals surface area contributed by atoms with Gasteiger partial charge in [-0.15, -0.1) is 11.8 Å². The molecule has 1 amide bonds. The lowest BCUT2D eigenvalue weighted by Gasteiger charge is -2.11. The van der Waals surface area contributed by atoms with Gasteiger partial charge in [0.05, 0.1) is 16.6 Å². The van der Waals surface area contributed by atoms with Crippen molar-refractivity contribution in [2.24, 2.45) is 0 Å². The van der Waals surface area contributed by atoms with E-state index in [1.165, 1.54) is 24.1 Å². The van der Waals surface area contributed by atoms with Crippen LogP contribution in [-0.4, -0.2) is 16.1 Å². The Bertz CT molecular complexity index is 947. The summed E-state index contributed by atoms with van der Waals surface area (Å²) in [5.74, 6) is -0.989. The van der Waals surface area contributed by atoms with Crippen molar-refractivity contribution in [3.8, 4) is 11.5 Å². The number of halogens is 3. The summed E-state index contributed by atoms with van der Waals surface area (Å²) in [6.07, 6.45) is 1.53. The summed E-state index contributed by atoms with van der Waals surface area (Å²) in [6.45, 7) is 1.70. The molecule has 8 heteroatoms. The lowest BCUT2D eigenvalue weighted by molar-refractivity contribution is -0.115. The van der Waals surface area contributed by atoms with Gasteiger partial charge < -0.3 is 9.73 Å². The van der Waals surface area contributed by atoms with Gasteiger partial charge in [-0.2, -0.15) is 0 Å². The van der Waals surface area contributed by atoms with Gasteiger partial charge >= 0.3 is 0 Å². The molecule has 4 nitrogen and oxygen atoms in total. The van der Waals surface area contributed by atoms with Crippen LogP contribution in [0.25, 0.3) is 11.5 Å². The molecule has 140 valence electrons. The molecule has 0 saturated heterocycles. The molecule has 0 fully saturated rings. The van der Waals surface area contributed by atoms with Crippen LogP contribution in [0, 0.1) is 11.6 Å². The van der Waals surface area contributed by atoms with Crippen molar-refractivity contribution in [3.63, 3.8) is 0 Å². The number of aromatic nitrogens is 1. The van der Waals surface area contributed by atoms with Gasteiger partial charge in [0.2, 0.25) is 11.8 Å². The molecule has 0 radical (unpaired) electrons. The zero-order valence-corrected chi connectivity index (χ0v) is 15.8. The van der Waals surface area contributed by atoms with Crippen molar-refractivity contribution in [1.82, 2.24) is 4.98 Å². The molecule has 0 aliphatic heterocycles. The van der Waals surface area contributed by atoms with E-state index in [0.717, 1.165) is 17.7 Å². The Morgan fingerprint density at radius 2 is 2.00 bits per heavy atom. The van der Waals surface area contributed by atoms with E-state index in [2.05, 4.69) is 10.3 Å². The number of rotatable bonds is 6. The molecule has 0 aliphatic carbocycles. The second-order valence-electron chi connectivity index (χ2n) is 5.72. The Morgan fingerprint density at radius 1 is 1.26 bits per heavy atom. The molecule has 0 aliphatic rings. The van der Waals surface area contributed by atoms with E-state index in [-0.39, 0.29) is 11.6 Å². The summed E-state index contributed by atoms with van der Waals surface area (Å²) in [7, 11) is 0. The largest absolute Gasteiger partial charge is 0.444 e. The van der Waals surface area contributed by atoms with E-state index in [4.69, 9.17) is 16.0 Å². The minimum atomic E-state index is -0.815. The van der Waals surface area contributed by atoms with E-state index < -0.39 is 16.9 Å². The van der Waals surface area contributed by atoms with Crippen molar-refractivity contribution in [2.75, 3.05) is 5.32 Å². The standard InChI is InChI=1S/C19H15ClF2N2O2S/c1-11(18(25)24-17-7-6-14(21)8-16(17)22)27-10-15-9-26-19(23-15)12-2-4-13(20)5-3-12/h2-9,11H,10H2,1H3,(H,24,25). The van der Waals surface area contributed by atoms with Gasteiger partial charge in [0.1, 0.15) is 17.9 Å². The number of hydrogen-bond donors (Lipinski definition) is 1. The quantitative estimate of drug-likeness (QED) is 0.582. The highest BCUT2D eigenvalue weighted by atomic mass is 35.5. The maximum absolute atomic E-state index is 13.6. The maximum atomic E-state index is 13.6. The van der Waals surface area contributed by atoms with Gasteiger partial charge in [-0.05, 0) is 43.3 Å². The smallest absolute Gasteiger partial charge is 0.237 e. The van der Waals surface area contributed by atoms with Gasteiger partial charge in [-0.1, -0.05) is 11.6 Å². The summed E-state index contributed by atoms with van der Waals surface area (Å²) in [5, 5.41) is 2.61. The minimum Gasteiger partial charge on any atom is -0.444 e. The fourth-order valence-corrected chi connectivity index (χ4v) is 3.10. The molecule has 0 spiro atoms. The van der Waals surface area contributed by atoms with Gasteiger partial charge in [0.15, 0.2) is 0 Å². The predicted molar refractivity (Wildman–Crippen MR) is 103 cm³/mol. The number of benzene rings is 2. The first-order valence-electron chi connectivity index (χ1n) is 8.00. The van der Waals surface area contributed by atoms with Gasteiger partial charge in [-0.25, -0.2) is 13.8 Å². The number of carbonyl (C=O) groups excluding carboxylic acids is 1. The molecule has 27 heavy (non-hydrogen) atoms. The number of anilines is 1. The third-order valence-electron chi connectivity index (χ3n) is 3.68. The highest BCUT2D eigenvalue weighted by molar-refractivity contribution is 7.99. The average Bonchev–Trinajstić information content (AvgIpc) is 3.11. The van der Waals surface area contributed by atoms with Crippen LogP contribution in [0.1, 0.15) is 12.6 Å². The van der Waals surface area contributed by atoms with E-state index in [9.17, 15) is 13.6 Å². The summed E-state index contributed by atoms with van der Waals surface area (Å²) < 4.78 is 32.0. The molecule has 1 N–H and O–H groups in total. The minimum absolute atomic E-state index is 0.0553. The van der Waals surface area contributed by atoms with Crippen LogP contribution in [0.3, 0.4) is 0 Å². The number of carbonyl (C=O) groups is 1. The number of oxazole rings is 1. The highest BCUT2D eigenvalue weighted by Crippen LogP contribution is 2.24. The Hall–Kier alpha value is -2.38. The molecule has 3 aromatic rings. The molecular weight excluding hydrogens is 394 g/mol. The summed E-state index contributed by atoms with van der Waals surface area (Å²) >= 11 is 7.18. The third-order valence-corrected chi connectivity index (χ3v) is 5.11. The lowest BCUT2D eigenvalue weighted by atomic mass is 10.2. The number of thioether (sulfide) groups is 1. The van der Waals surface area contributed by atoms with Crippen LogP contribution < -0.4 is 5.32 Å². The van der Waals surface area contributed by atoms with Crippen LogP contribution in [-0.2, 0) is 10.5 Å². The van der Waals surface area contributed by atoms with E-state index in [1.807, 2.05) is 0 Å². The first-order chi connectivity index (χ1) is 12.9. The molecule has 2 aromatic carbocycles. The summed E-state index contributed by atoms with van der Waals surface area (Å²) in [4.78, 5) is 16.6. The third kappa shape index (κ3) is 5.08. The molecule has 1 unspecified atom stereocenters. The van der Waals surface area contributed by atoms with Crippen LogP contribution in [0.4, 0.5) is 14.5 Å². The highest BCUT2D eigenvalue weighted by Gasteiger charge is 2.17. The van der Waals surface area contributed by atoms with E-state index in [0.29, 0.717) is 22.4 Å². The molecule has 1 atom stereocenters. The van der Waals surface area contributed by atoms with Crippen molar-refractivity contribution >= 4 is 35.0 Å². The van der Waals surface area contributed by atoms with Crippen LogP contribution >= 0.6 is 23.4 Å². The fourth-order valence-electron chi connectivity index (χ4n) is 2.21. The predicted octanol–water partition coefficient (Wildman–Crippen LogP) is 5.53. The second-order valence-corrected chi connectivity index (χ2v) is 7.48. The van der Waals surface area contributed by atoms with Crippen LogP contribution in [0.15, 0.2) is 53.1 Å². The maximum Gasteiger partial charge on any atom is 0.237 e. The SMILES string of the molecule is CC(SCc1coc(-c2ccc(Cl)cc2)n1)C(=O)Nc1ccc(F)cc1F. The first-order valence-corrected chi connectivity index (χ1v) is 9.43. The average molecular weight is 409 g/mol. The molecule has 1 heterocycles. The van der Waals surface area contributed by atoms with Crippen molar-refractivity contribution in [2.45, 2.75) is 17.9 Å². The van der Waals surface area contributed by atoms with Crippen molar-refractivity contribution in [3.05, 3.63) is 71.1 Å². The topological polar surface area (TPSA) is 55.1 Å². The molecule has 1 aromatic heterocycles. The Balaban J connectivity index is 1.56. The monoisotopic (exact) mass is 408 g/mol. The molecule has 0 saturated carbocycles. The summed E-state index contributed by atoms with van der Waals surface area (Å²) in [5.41, 5.74) is 1.42. The van der Waals surface area contributed by atoms with Gasteiger partial charge in [0.25, 0.3) is 0 Å². The normalized spacial score (nSPS) is 12.0. The second kappa shape index (κ2) is 8.54. The first kappa shape index (κ1) is 19.4. The molecule has 3 rings (SSSR count). The Kier molecular flexibility index (Phi) is 6.13. The van der Waals surface area contributed by atoms with Gasteiger partial charge in [0, 0.05) is 22.4 Å². The summed E-state index contributed by atoms with van der Waals surface area (Å²) in [6, 6.07) is 10.1. The Labute approximate surface area is 163 Å². The van der Waals surface area contributed by atoms with Crippen molar-refractivity contribution in [1.29, 1.82) is 0 Å². The van der Waals surface area contributed by atoms with Crippen LogP contribution in [0.2, 0.25) is 5.02 Å². The number of nitrogens with one attached hydrogen (secondary N) is 1. The van der Waals surface area contributed by atoms with Crippen LogP contribution in [0.5, 0.6) is 0 Å². The van der Waals surface area contributed by atoms with Gasteiger partial charge in [-0.3, -0.25) is 4.79 Å². The van der Waals surface area contributed by atoms with E-state index in [1.54, 1.807) is 31.2 Å². The zero-order chi connectivity index (χ0) is 19.4. The lowest BCUT2D eigenvalue weighted by Crippen LogP contribution is -2.23. The number of amides is 1. The fraction of sp³-hybridized carbons (Fsp3) is 0.158. The number of nitrogens with zero attached hydrogens (tertiary/aromatic N) is 1.